The summed E-state index contributed by atoms with van der Waals surface area (Å²) in [6.45, 7) is 0. The van der Waals surface area contributed by atoms with Gasteiger partial charge in [0.15, 0.2) is 0 Å². The number of oxime groups is 1. The van der Waals surface area contributed by atoms with Crippen LogP contribution in [0, 0.1) is 10.1 Å². The molecule has 0 bridgehead atoms. The number of nitrogens with zero attached hydrogens (tertiary/aromatic N) is 2. The van der Waals surface area contributed by atoms with Gasteiger partial charge in [0, 0.05) is 12.1 Å². The quantitative estimate of drug-likeness (QED) is 0.367. The maximum atomic E-state index is 11.8. The Kier molecular flexibility index (Phi) is 2.57. The van der Waals surface area contributed by atoms with Crippen molar-refractivity contribution in [1.82, 2.24) is 0 Å². The third-order valence-corrected chi connectivity index (χ3v) is 2.19. The molecule has 1 N–H and O–H groups in total. The van der Waals surface area contributed by atoms with E-state index in [1.165, 1.54) is 12.1 Å². The molecule has 0 fully saturated rings. The molecule has 0 spiro atoms. The highest BCUT2D eigenvalue weighted by molar-refractivity contribution is 5.87. The Balaban J connectivity index is 2.78. The molecule has 0 unspecified atom stereocenters. The summed E-state index contributed by atoms with van der Waals surface area (Å²) in [6.07, 6.45) is 2.03. The normalized spacial score (nSPS) is 11.1. The Bertz CT molecular complexity index is 674. The van der Waals surface area contributed by atoms with Crippen molar-refractivity contribution in [3.63, 3.8) is 0 Å². The van der Waals surface area contributed by atoms with Crippen molar-refractivity contribution in [3.8, 4) is 0 Å². The zero-order valence-electron chi connectivity index (χ0n) is 8.36. The number of hydrogen-bond acceptors (Lipinski definition) is 6. The average molecular weight is 234 g/mol. The molecular weight excluding hydrogens is 228 g/mol. The van der Waals surface area contributed by atoms with Crippen LogP contribution in [0.25, 0.3) is 11.0 Å². The molecule has 0 saturated heterocycles. The lowest BCUT2D eigenvalue weighted by Gasteiger charge is -1.97. The number of benzene rings is 1. The lowest BCUT2D eigenvalue weighted by molar-refractivity contribution is -0.384. The van der Waals surface area contributed by atoms with Gasteiger partial charge in [0.05, 0.1) is 22.1 Å². The fourth-order valence-electron chi connectivity index (χ4n) is 1.40. The molecule has 0 aliphatic heterocycles. The highest BCUT2D eigenvalue weighted by Crippen LogP contribution is 2.18. The standard InChI is InChI=1S/C10H6N2O5/c13-10-6(4-11-14)5-17-9-2-1-7(12(15)16)3-8(9)10/h1-5,14H. The molecule has 86 valence electrons. The zero-order valence-corrected chi connectivity index (χ0v) is 8.36. The van der Waals surface area contributed by atoms with Gasteiger partial charge >= 0.3 is 0 Å². The highest BCUT2D eigenvalue weighted by atomic mass is 16.6. The molecule has 0 atom stereocenters. The summed E-state index contributed by atoms with van der Waals surface area (Å²) in [7, 11) is 0. The van der Waals surface area contributed by atoms with Crippen LogP contribution in [0.1, 0.15) is 5.56 Å². The van der Waals surface area contributed by atoms with Crippen LogP contribution in [-0.2, 0) is 0 Å². The summed E-state index contributed by atoms with van der Waals surface area (Å²) in [5.74, 6) is 0. The van der Waals surface area contributed by atoms with Crippen LogP contribution in [0.2, 0.25) is 0 Å². The predicted octanol–water partition coefficient (Wildman–Crippen LogP) is 1.51. The van der Waals surface area contributed by atoms with Crippen molar-refractivity contribution >= 4 is 22.9 Å². The summed E-state index contributed by atoms with van der Waals surface area (Å²) in [4.78, 5) is 21.8. The summed E-state index contributed by atoms with van der Waals surface area (Å²) in [5.41, 5.74) is -0.452. The number of hydrogen-bond donors (Lipinski definition) is 1. The minimum absolute atomic E-state index is 0.0143. The van der Waals surface area contributed by atoms with Crippen LogP contribution in [0.4, 0.5) is 5.69 Å². The van der Waals surface area contributed by atoms with Gasteiger partial charge in [-0.3, -0.25) is 14.9 Å². The van der Waals surface area contributed by atoms with Gasteiger partial charge < -0.3 is 9.62 Å². The second-order valence-corrected chi connectivity index (χ2v) is 3.20. The summed E-state index contributed by atoms with van der Waals surface area (Å²) >= 11 is 0. The van der Waals surface area contributed by atoms with E-state index >= 15 is 0 Å². The van der Waals surface area contributed by atoms with Crippen LogP contribution in [-0.4, -0.2) is 16.3 Å². The van der Waals surface area contributed by atoms with E-state index in [4.69, 9.17) is 9.62 Å². The Labute approximate surface area is 93.7 Å². The SMILES string of the molecule is O=c1c(C=NO)coc2ccc([N+](=O)[O-])cc12. The van der Waals surface area contributed by atoms with E-state index in [0.29, 0.717) is 0 Å². The summed E-state index contributed by atoms with van der Waals surface area (Å²) in [6, 6.07) is 3.70. The highest BCUT2D eigenvalue weighted by Gasteiger charge is 2.11. The second kappa shape index (κ2) is 4.05. The average Bonchev–Trinajstić information content (AvgIpc) is 2.32. The van der Waals surface area contributed by atoms with Gasteiger partial charge in [0.1, 0.15) is 11.8 Å². The fraction of sp³-hybridized carbons (Fsp3) is 0. The lowest BCUT2D eigenvalue weighted by atomic mass is 10.1. The Hall–Kier alpha value is -2.70. The van der Waals surface area contributed by atoms with Gasteiger partial charge in [0.2, 0.25) is 5.43 Å². The third kappa shape index (κ3) is 1.85. The number of non-ortho nitro benzene ring substituents is 1. The van der Waals surface area contributed by atoms with E-state index in [-0.39, 0.29) is 22.2 Å². The third-order valence-electron chi connectivity index (χ3n) is 2.19. The number of nitro benzene ring substituents is 1. The lowest BCUT2D eigenvalue weighted by Crippen LogP contribution is -2.08. The summed E-state index contributed by atoms with van der Waals surface area (Å²) < 4.78 is 5.09. The first-order valence-electron chi connectivity index (χ1n) is 4.51. The molecule has 1 aromatic heterocycles. The maximum absolute atomic E-state index is 11.8. The predicted molar refractivity (Wildman–Crippen MR) is 58.5 cm³/mol. The molecule has 1 aromatic carbocycles. The van der Waals surface area contributed by atoms with Crippen LogP contribution < -0.4 is 5.43 Å². The second-order valence-electron chi connectivity index (χ2n) is 3.20. The van der Waals surface area contributed by atoms with Gasteiger partial charge in [-0.05, 0) is 6.07 Å². The van der Waals surface area contributed by atoms with Gasteiger partial charge in [-0.2, -0.15) is 0 Å². The van der Waals surface area contributed by atoms with Crippen LogP contribution in [0.5, 0.6) is 0 Å². The Morgan fingerprint density at radius 1 is 1.47 bits per heavy atom. The van der Waals surface area contributed by atoms with E-state index in [0.717, 1.165) is 18.5 Å². The zero-order chi connectivity index (χ0) is 12.4. The molecule has 1 heterocycles. The Morgan fingerprint density at radius 2 is 2.24 bits per heavy atom. The van der Waals surface area contributed by atoms with Crippen molar-refractivity contribution in [2.45, 2.75) is 0 Å². The van der Waals surface area contributed by atoms with Crippen molar-refractivity contribution < 1.29 is 14.5 Å². The first kappa shape index (κ1) is 10.8. The molecule has 7 nitrogen and oxygen atoms in total. The molecule has 0 amide bonds. The van der Waals surface area contributed by atoms with Crippen LogP contribution in [0.15, 0.2) is 38.8 Å². The first-order valence-corrected chi connectivity index (χ1v) is 4.51. The molecule has 7 heteroatoms. The molecule has 17 heavy (non-hydrogen) atoms. The first-order chi connectivity index (χ1) is 8.13. The van der Waals surface area contributed by atoms with E-state index in [9.17, 15) is 14.9 Å². The largest absolute Gasteiger partial charge is 0.463 e. The van der Waals surface area contributed by atoms with Crippen LogP contribution >= 0.6 is 0 Å². The monoisotopic (exact) mass is 234 g/mol. The minimum Gasteiger partial charge on any atom is -0.463 e. The molecule has 2 rings (SSSR count). The maximum Gasteiger partial charge on any atom is 0.270 e. The van der Waals surface area contributed by atoms with Crippen LogP contribution in [0.3, 0.4) is 0 Å². The van der Waals surface area contributed by atoms with E-state index in [1.54, 1.807) is 0 Å². The van der Waals surface area contributed by atoms with Crippen molar-refractivity contribution in [2.24, 2.45) is 5.16 Å². The van der Waals surface area contributed by atoms with Gasteiger partial charge in [0.25, 0.3) is 5.69 Å². The van der Waals surface area contributed by atoms with Gasteiger partial charge in [-0.25, -0.2) is 0 Å². The summed E-state index contributed by atoms with van der Waals surface area (Å²) in [5, 5.41) is 21.7. The molecule has 0 aliphatic rings. The van der Waals surface area contributed by atoms with E-state index in [2.05, 4.69) is 5.16 Å². The number of nitro groups is 1. The smallest absolute Gasteiger partial charge is 0.270 e. The van der Waals surface area contributed by atoms with Crippen molar-refractivity contribution in [3.05, 3.63) is 50.4 Å². The molecule has 0 radical (unpaired) electrons. The van der Waals surface area contributed by atoms with Gasteiger partial charge in [-0.15, -0.1) is 0 Å². The molecular formula is C10H6N2O5. The fourth-order valence-corrected chi connectivity index (χ4v) is 1.40. The topological polar surface area (TPSA) is 106 Å². The van der Waals surface area contributed by atoms with E-state index in [1.807, 2.05) is 0 Å². The number of fused-ring (bicyclic) bond motifs is 1. The van der Waals surface area contributed by atoms with Crippen molar-refractivity contribution in [2.75, 3.05) is 0 Å². The van der Waals surface area contributed by atoms with E-state index < -0.39 is 10.4 Å². The molecule has 0 saturated carbocycles. The Morgan fingerprint density at radius 3 is 2.88 bits per heavy atom. The number of rotatable bonds is 2. The molecule has 0 aliphatic carbocycles. The van der Waals surface area contributed by atoms with Crippen molar-refractivity contribution in [1.29, 1.82) is 0 Å². The minimum atomic E-state index is -0.605. The molecule has 2 aromatic rings. The van der Waals surface area contributed by atoms with Gasteiger partial charge in [-0.1, -0.05) is 5.16 Å².